The van der Waals surface area contributed by atoms with Crippen LogP contribution >= 0.6 is 0 Å². The highest BCUT2D eigenvalue weighted by molar-refractivity contribution is 6.10. The lowest BCUT2D eigenvalue weighted by molar-refractivity contribution is 0.0693. The number of phenols is 1. The Morgan fingerprint density at radius 3 is 2.27 bits per heavy atom. The largest absolute Gasteiger partial charge is 0.507 e. The fourth-order valence-corrected chi connectivity index (χ4v) is 4.13. The number of methoxy groups -OCH3 is 1. The van der Waals surface area contributed by atoms with Crippen LogP contribution in [0.15, 0.2) is 91.0 Å². The Kier molecular flexibility index (Phi) is 9.82. The SMILES string of the molecule is COc1ccccc1OCCNCC(O)COc1cccc2[nH]c3ccccc3c12.O=C(O)c1ccccc1O. The Hall–Kier alpha value is -4.73. The second-order valence-electron chi connectivity index (χ2n) is 8.84. The normalized spacial score (nSPS) is 11.4. The minimum Gasteiger partial charge on any atom is -0.507 e. The number of para-hydroxylation sites is 4. The van der Waals surface area contributed by atoms with Crippen LogP contribution in [0.2, 0.25) is 0 Å². The van der Waals surface area contributed by atoms with Gasteiger partial charge in [-0.2, -0.15) is 0 Å². The molecule has 0 aliphatic heterocycles. The summed E-state index contributed by atoms with van der Waals surface area (Å²) in [5.41, 5.74) is 2.03. The van der Waals surface area contributed by atoms with Gasteiger partial charge in [0.15, 0.2) is 11.5 Å². The van der Waals surface area contributed by atoms with Crippen molar-refractivity contribution in [1.29, 1.82) is 0 Å². The summed E-state index contributed by atoms with van der Waals surface area (Å²) >= 11 is 0. The molecule has 0 bridgehead atoms. The van der Waals surface area contributed by atoms with Gasteiger partial charge in [0, 0.05) is 29.4 Å². The number of carboxylic acids is 1. The highest BCUT2D eigenvalue weighted by atomic mass is 16.5. The van der Waals surface area contributed by atoms with Gasteiger partial charge in [-0.3, -0.25) is 0 Å². The number of carbonyl (C=O) groups is 1. The zero-order valence-corrected chi connectivity index (χ0v) is 22.0. The predicted octanol–water partition coefficient (Wildman–Crippen LogP) is 4.83. The molecule has 0 saturated carbocycles. The first kappa shape index (κ1) is 28.3. The maximum absolute atomic E-state index is 10.3. The second kappa shape index (κ2) is 13.9. The standard InChI is InChI=1S/C24H26N2O4.C7H6O3/c1-28-21-10-4-5-11-22(21)29-14-13-25-15-17(27)16-30-23-12-6-9-20-24(23)18-7-2-3-8-19(18)26-20;8-6-4-2-1-3-5(6)7(9)10/h2-12,17,25-27H,13-16H2,1H3;1-4,8H,(H,9,10). The number of H-pyrrole nitrogens is 1. The lowest BCUT2D eigenvalue weighted by Gasteiger charge is -2.15. The molecular formula is C31H32N2O7. The highest BCUT2D eigenvalue weighted by Crippen LogP contribution is 2.33. The topological polar surface area (TPSA) is 133 Å². The number of ether oxygens (including phenoxy) is 3. The van der Waals surface area contributed by atoms with E-state index in [1.807, 2.05) is 60.7 Å². The minimum atomic E-state index is -1.11. The third-order valence-corrected chi connectivity index (χ3v) is 6.04. The van der Waals surface area contributed by atoms with Crippen LogP contribution in [0.5, 0.6) is 23.0 Å². The average molecular weight is 545 g/mol. The fourth-order valence-electron chi connectivity index (χ4n) is 4.13. The quantitative estimate of drug-likeness (QED) is 0.149. The third-order valence-electron chi connectivity index (χ3n) is 6.04. The molecule has 1 atom stereocenters. The average Bonchev–Trinajstić information content (AvgIpc) is 3.36. The highest BCUT2D eigenvalue weighted by Gasteiger charge is 2.11. The van der Waals surface area contributed by atoms with Gasteiger partial charge >= 0.3 is 5.97 Å². The number of rotatable bonds is 11. The molecule has 9 heteroatoms. The molecule has 0 fully saturated rings. The van der Waals surface area contributed by atoms with Crippen LogP contribution in [0.25, 0.3) is 21.8 Å². The summed E-state index contributed by atoms with van der Waals surface area (Å²) < 4.78 is 16.9. The Morgan fingerprint density at radius 1 is 0.850 bits per heavy atom. The molecule has 0 saturated heterocycles. The van der Waals surface area contributed by atoms with Crippen molar-refractivity contribution in [3.8, 4) is 23.0 Å². The Labute approximate surface area is 231 Å². The monoisotopic (exact) mass is 544 g/mol. The predicted molar refractivity (Wildman–Crippen MR) is 154 cm³/mol. The van der Waals surface area contributed by atoms with Crippen molar-refractivity contribution in [1.82, 2.24) is 10.3 Å². The van der Waals surface area contributed by atoms with E-state index in [1.165, 1.54) is 12.1 Å². The Bertz CT molecular complexity index is 1550. The molecule has 1 aromatic heterocycles. The molecule has 1 heterocycles. The summed E-state index contributed by atoms with van der Waals surface area (Å²) in [6.07, 6.45) is -0.628. The van der Waals surface area contributed by atoms with Crippen molar-refractivity contribution in [2.24, 2.45) is 0 Å². The van der Waals surface area contributed by atoms with Gasteiger partial charge in [0.05, 0.1) is 12.6 Å². The number of carboxylic acid groups (broad SMARTS) is 1. The van der Waals surface area contributed by atoms with Gasteiger partial charge < -0.3 is 39.8 Å². The molecule has 5 aromatic rings. The summed E-state index contributed by atoms with van der Waals surface area (Å²) in [6.45, 7) is 1.70. The molecule has 40 heavy (non-hydrogen) atoms. The van der Waals surface area contributed by atoms with Gasteiger partial charge in [-0.05, 0) is 42.5 Å². The molecule has 1 unspecified atom stereocenters. The van der Waals surface area contributed by atoms with E-state index < -0.39 is 12.1 Å². The number of aromatic hydroxyl groups is 1. The zero-order chi connectivity index (χ0) is 28.3. The van der Waals surface area contributed by atoms with Crippen LogP contribution < -0.4 is 19.5 Å². The zero-order valence-electron chi connectivity index (χ0n) is 22.0. The van der Waals surface area contributed by atoms with Gasteiger partial charge in [0.2, 0.25) is 0 Å². The molecule has 0 aliphatic carbocycles. The van der Waals surface area contributed by atoms with Crippen molar-refractivity contribution in [3.05, 3.63) is 96.6 Å². The van der Waals surface area contributed by atoms with Gasteiger partial charge in [-0.1, -0.05) is 48.5 Å². The number of aromatic carboxylic acids is 1. The Balaban J connectivity index is 0.000000312. The molecule has 4 aromatic carbocycles. The lowest BCUT2D eigenvalue weighted by atomic mass is 10.1. The molecule has 208 valence electrons. The van der Waals surface area contributed by atoms with E-state index in [2.05, 4.69) is 16.4 Å². The minimum absolute atomic E-state index is 0.0671. The summed E-state index contributed by atoms with van der Waals surface area (Å²) in [4.78, 5) is 13.7. The summed E-state index contributed by atoms with van der Waals surface area (Å²) in [5, 5.41) is 32.9. The van der Waals surface area contributed by atoms with E-state index in [9.17, 15) is 9.90 Å². The van der Waals surface area contributed by atoms with E-state index in [0.717, 1.165) is 27.6 Å². The van der Waals surface area contributed by atoms with Crippen LogP contribution in [0.3, 0.4) is 0 Å². The summed E-state index contributed by atoms with van der Waals surface area (Å²) in [7, 11) is 1.62. The van der Waals surface area contributed by atoms with Crippen molar-refractivity contribution in [3.63, 3.8) is 0 Å². The number of benzene rings is 4. The fraction of sp³-hybridized carbons (Fsp3) is 0.194. The number of aliphatic hydroxyl groups excluding tert-OH is 1. The van der Waals surface area contributed by atoms with Crippen molar-refractivity contribution in [2.75, 3.05) is 33.4 Å². The molecule has 5 N–H and O–H groups in total. The molecule has 0 radical (unpaired) electrons. The van der Waals surface area contributed by atoms with Crippen LogP contribution in [-0.4, -0.2) is 65.8 Å². The van der Waals surface area contributed by atoms with Gasteiger partial charge in [-0.15, -0.1) is 0 Å². The summed E-state index contributed by atoms with van der Waals surface area (Å²) in [6, 6.07) is 27.4. The number of hydrogen-bond donors (Lipinski definition) is 5. The molecule has 9 nitrogen and oxygen atoms in total. The van der Waals surface area contributed by atoms with Crippen molar-refractivity contribution >= 4 is 27.8 Å². The molecule has 5 rings (SSSR count). The maximum Gasteiger partial charge on any atom is 0.339 e. The van der Waals surface area contributed by atoms with E-state index >= 15 is 0 Å². The van der Waals surface area contributed by atoms with Crippen LogP contribution in [0.4, 0.5) is 0 Å². The number of hydrogen-bond acceptors (Lipinski definition) is 7. The number of aliphatic hydroxyl groups is 1. The van der Waals surface area contributed by atoms with Gasteiger partial charge in [0.25, 0.3) is 0 Å². The first-order valence-electron chi connectivity index (χ1n) is 12.8. The van der Waals surface area contributed by atoms with E-state index in [4.69, 9.17) is 24.4 Å². The smallest absolute Gasteiger partial charge is 0.339 e. The van der Waals surface area contributed by atoms with E-state index in [-0.39, 0.29) is 17.9 Å². The number of fused-ring (bicyclic) bond motifs is 3. The summed E-state index contributed by atoms with van der Waals surface area (Å²) in [5.74, 6) is 0.867. The number of aromatic nitrogens is 1. The maximum atomic E-state index is 10.3. The van der Waals surface area contributed by atoms with E-state index in [1.54, 1.807) is 19.2 Å². The van der Waals surface area contributed by atoms with Crippen LogP contribution in [0, 0.1) is 0 Å². The molecule has 0 amide bonds. The van der Waals surface area contributed by atoms with Crippen LogP contribution in [0.1, 0.15) is 10.4 Å². The van der Waals surface area contributed by atoms with Crippen LogP contribution in [-0.2, 0) is 0 Å². The second-order valence-corrected chi connectivity index (χ2v) is 8.84. The molecular weight excluding hydrogens is 512 g/mol. The van der Waals surface area contributed by atoms with Crippen molar-refractivity contribution in [2.45, 2.75) is 6.10 Å². The Morgan fingerprint density at radius 2 is 1.52 bits per heavy atom. The van der Waals surface area contributed by atoms with Gasteiger partial charge in [-0.25, -0.2) is 4.79 Å². The lowest BCUT2D eigenvalue weighted by Crippen LogP contribution is -2.33. The van der Waals surface area contributed by atoms with Crippen molar-refractivity contribution < 1.29 is 34.3 Å². The molecule has 0 spiro atoms. The first-order valence-corrected chi connectivity index (χ1v) is 12.8. The van der Waals surface area contributed by atoms with Gasteiger partial charge in [0.1, 0.15) is 36.4 Å². The van der Waals surface area contributed by atoms with E-state index in [0.29, 0.717) is 31.2 Å². The number of aromatic amines is 1. The molecule has 0 aliphatic rings. The first-order chi connectivity index (χ1) is 19.5. The number of nitrogens with one attached hydrogen (secondary N) is 2. The third kappa shape index (κ3) is 7.22.